The van der Waals surface area contributed by atoms with Crippen LogP contribution >= 0.6 is 11.6 Å². The molecule has 0 unspecified atom stereocenters. The summed E-state index contributed by atoms with van der Waals surface area (Å²) in [5.41, 5.74) is 1.09. The minimum atomic E-state index is -1.07. The molecule has 0 amide bonds. The van der Waals surface area contributed by atoms with E-state index >= 15 is 0 Å². The number of carbonyl (C=O) groups excluding carboxylic acids is 1. The predicted molar refractivity (Wildman–Crippen MR) is 79.5 cm³/mol. The van der Waals surface area contributed by atoms with E-state index in [-0.39, 0.29) is 11.1 Å². The SMILES string of the molecule is COC(=O)c1ccc(Cl)cc1Nc1ccccc1C(=O)O. The quantitative estimate of drug-likeness (QED) is 0.845. The van der Waals surface area contributed by atoms with Gasteiger partial charge in [0.25, 0.3) is 0 Å². The number of rotatable bonds is 4. The molecule has 0 aliphatic carbocycles. The molecule has 2 rings (SSSR count). The fraction of sp³-hybridized carbons (Fsp3) is 0.0667. The molecule has 108 valence electrons. The maximum absolute atomic E-state index is 11.7. The second-order valence-electron chi connectivity index (χ2n) is 4.16. The lowest BCUT2D eigenvalue weighted by Crippen LogP contribution is -2.08. The third kappa shape index (κ3) is 3.32. The number of halogens is 1. The summed E-state index contributed by atoms with van der Waals surface area (Å²) in [6, 6.07) is 11.0. The lowest BCUT2D eigenvalue weighted by Gasteiger charge is -2.13. The molecule has 0 fully saturated rings. The number of esters is 1. The molecule has 0 saturated carbocycles. The van der Waals surface area contributed by atoms with Gasteiger partial charge >= 0.3 is 11.9 Å². The molecule has 2 aromatic carbocycles. The topological polar surface area (TPSA) is 75.6 Å². The van der Waals surface area contributed by atoms with E-state index in [9.17, 15) is 9.59 Å². The summed E-state index contributed by atoms with van der Waals surface area (Å²) in [5, 5.41) is 12.5. The van der Waals surface area contributed by atoms with E-state index in [2.05, 4.69) is 5.32 Å². The van der Waals surface area contributed by atoms with Crippen LogP contribution in [0.4, 0.5) is 11.4 Å². The number of carboxylic acid groups (broad SMARTS) is 1. The van der Waals surface area contributed by atoms with E-state index in [1.165, 1.54) is 25.3 Å². The van der Waals surface area contributed by atoms with Crippen molar-refractivity contribution in [2.75, 3.05) is 12.4 Å². The highest BCUT2D eigenvalue weighted by Gasteiger charge is 2.15. The monoisotopic (exact) mass is 305 g/mol. The maximum atomic E-state index is 11.7. The number of anilines is 2. The minimum absolute atomic E-state index is 0.0910. The molecule has 0 saturated heterocycles. The number of aromatic carboxylic acids is 1. The van der Waals surface area contributed by atoms with Gasteiger partial charge in [0, 0.05) is 5.02 Å². The Morgan fingerprint density at radius 3 is 2.48 bits per heavy atom. The van der Waals surface area contributed by atoms with E-state index < -0.39 is 11.9 Å². The average Bonchev–Trinajstić information content (AvgIpc) is 2.47. The maximum Gasteiger partial charge on any atom is 0.339 e. The fourth-order valence-electron chi connectivity index (χ4n) is 1.83. The molecule has 0 heterocycles. The lowest BCUT2D eigenvalue weighted by atomic mass is 10.1. The normalized spacial score (nSPS) is 10.0. The van der Waals surface area contributed by atoms with Crippen LogP contribution in [-0.4, -0.2) is 24.2 Å². The first-order chi connectivity index (χ1) is 10.0. The smallest absolute Gasteiger partial charge is 0.339 e. The van der Waals surface area contributed by atoms with E-state index in [1.807, 2.05) is 0 Å². The zero-order valence-electron chi connectivity index (χ0n) is 11.1. The molecule has 6 heteroatoms. The van der Waals surface area contributed by atoms with Crippen LogP contribution < -0.4 is 5.32 Å². The van der Waals surface area contributed by atoms with Crippen molar-refractivity contribution in [1.82, 2.24) is 0 Å². The first kappa shape index (κ1) is 14.9. The Hall–Kier alpha value is -2.53. The first-order valence-electron chi connectivity index (χ1n) is 6.00. The molecule has 0 aromatic heterocycles. The highest BCUT2D eigenvalue weighted by atomic mass is 35.5. The van der Waals surface area contributed by atoms with Crippen LogP contribution in [0, 0.1) is 0 Å². The Labute approximate surface area is 126 Å². The van der Waals surface area contributed by atoms with E-state index in [0.29, 0.717) is 16.4 Å². The van der Waals surface area contributed by atoms with Crippen LogP contribution in [0.5, 0.6) is 0 Å². The Morgan fingerprint density at radius 1 is 1.10 bits per heavy atom. The van der Waals surface area contributed by atoms with Crippen molar-refractivity contribution < 1.29 is 19.4 Å². The van der Waals surface area contributed by atoms with Gasteiger partial charge in [-0.15, -0.1) is 0 Å². The zero-order chi connectivity index (χ0) is 15.4. The van der Waals surface area contributed by atoms with Gasteiger partial charge in [-0.1, -0.05) is 23.7 Å². The van der Waals surface area contributed by atoms with Crippen LogP contribution in [0.3, 0.4) is 0 Å². The standard InChI is InChI=1S/C15H12ClNO4/c1-21-15(20)11-7-6-9(16)8-13(11)17-12-5-3-2-4-10(12)14(18)19/h2-8,17H,1H3,(H,18,19). The van der Waals surface area contributed by atoms with Gasteiger partial charge in [0.2, 0.25) is 0 Å². The van der Waals surface area contributed by atoms with Crippen molar-refractivity contribution in [2.45, 2.75) is 0 Å². The third-order valence-corrected chi connectivity index (χ3v) is 3.05. The molecular weight excluding hydrogens is 294 g/mol. The van der Waals surface area contributed by atoms with Gasteiger partial charge in [-0.25, -0.2) is 9.59 Å². The van der Waals surface area contributed by atoms with Crippen molar-refractivity contribution in [1.29, 1.82) is 0 Å². The first-order valence-corrected chi connectivity index (χ1v) is 6.38. The van der Waals surface area contributed by atoms with E-state index in [0.717, 1.165) is 0 Å². The summed E-state index contributed by atoms with van der Waals surface area (Å²) >= 11 is 5.92. The molecule has 0 radical (unpaired) electrons. The summed E-state index contributed by atoms with van der Waals surface area (Å²) < 4.78 is 4.69. The fourth-order valence-corrected chi connectivity index (χ4v) is 2.00. The van der Waals surface area contributed by atoms with Crippen molar-refractivity contribution >= 4 is 34.9 Å². The minimum Gasteiger partial charge on any atom is -0.478 e. The molecule has 2 aromatic rings. The second-order valence-corrected chi connectivity index (χ2v) is 4.59. The summed E-state index contributed by atoms with van der Waals surface area (Å²) in [6.07, 6.45) is 0. The molecule has 21 heavy (non-hydrogen) atoms. The molecule has 0 bridgehead atoms. The average molecular weight is 306 g/mol. The Bertz CT molecular complexity index is 700. The van der Waals surface area contributed by atoms with Gasteiger partial charge < -0.3 is 15.2 Å². The largest absolute Gasteiger partial charge is 0.478 e. The highest BCUT2D eigenvalue weighted by molar-refractivity contribution is 6.31. The summed E-state index contributed by atoms with van der Waals surface area (Å²) in [7, 11) is 1.27. The molecule has 5 nitrogen and oxygen atoms in total. The van der Waals surface area contributed by atoms with E-state index in [4.69, 9.17) is 21.4 Å². The Balaban J connectivity index is 2.46. The predicted octanol–water partition coefficient (Wildman–Crippen LogP) is 3.57. The van der Waals surface area contributed by atoms with Crippen LogP contribution in [0.2, 0.25) is 5.02 Å². The van der Waals surface area contributed by atoms with Gasteiger partial charge in [-0.2, -0.15) is 0 Å². The third-order valence-electron chi connectivity index (χ3n) is 2.81. The molecule has 0 spiro atoms. The van der Waals surface area contributed by atoms with Crippen LogP contribution in [-0.2, 0) is 4.74 Å². The van der Waals surface area contributed by atoms with Gasteiger partial charge in [-0.3, -0.25) is 0 Å². The molecule has 0 aliphatic rings. The number of carboxylic acids is 1. The van der Waals surface area contributed by atoms with Crippen LogP contribution in [0.1, 0.15) is 20.7 Å². The summed E-state index contributed by atoms with van der Waals surface area (Å²) in [5.74, 6) is -1.61. The Morgan fingerprint density at radius 2 is 1.81 bits per heavy atom. The van der Waals surface area contributed by atoms with Gasteiger partial charge in [0.05, 0.1) is 29.6 Å². The number of carbonyl (C=O) groups is 2. The van der Waals surface area contributed by atoms with Gasteiger partial charge in [-0.05, 0) is 30.3 Å². The van der Waals surface area contributed by atoms with Gasteiger partial charge in [0.15, 0.2) is 0 Å². The number of hydrogen-bond acceptors (Lipinski definition) is 4. The number of nitrogens with one attached hydrogen (secondary N) is 1. The number of ether oxygens (including phenoxy) is 1. The number of para-hydroxylation sites is 1. The van der Waals surface area contributed by atoms with Crippen molar-refractivity contribution in [3.63, 3.8) is 0 Å². The molecule has 2 N–H and O–H groups in total. The van der Waals surface area contributed by atoms with Crippen molar-refractivity contribution in [2.24, 2.45) is 0 Å². The lowest BCUT2D eigenvalue weighted by molar-refractivity contribution is 0.0601. The number of benzene rings is 2. The second kappa shape index (κ2) is 6.28. The molecule has 0 aliphatic heterocycles. The van der Waals surface area contributed by atoms with Crippen molar-refractivity contribution in [3.8, 4) is 0 Å². The van der Waals surface area contributed by atoms with E-state index in [1.54, 1.807) is 24.3 Å². The van der Waals surface area contributed by atoms with Crippen LogP contribution in [0.15, 0.2) is 42.5 Å². The number of methoxy groups -OCH3 is 1. The molecular formula is C15H12ClNO4. The Kier molecular flexibility index (Phi) is 4.45. The van der Waals surface area contributed by atoms with Crippen LogP contribution in [0.25, 0.3) is 0 Å². The van der Waals surface area contributed by atoms with Crippen molar-refractivity contribution in [3.05, 3.63) is 58.6 Å². The molecule has 0 atom stereocenters. The summed E-state index contributed by atoms with van der Waals surface area (Å²) in [6.45, 7) is 0. The zero-order valence-corrected chi connectivity index (χ0v) is 11.8. The number of hydrogen-bond donors (Lipinski definition) is 2. The highest BCUT2D eigenvalue weighted by Crippen LogP contribution is 2.27. The van der Waals surface area contributed by atoms with Gasteiger partial charge in [0.1, 0.15) is 0 Å². The summed E-state index contributed by atoms with van der Waals surface area (Å²) in [4.78, 5) is 22.9.